The normalized spacial score (nSPS) is 16.1. The first-order chi connectivity index (χ1) is 9.18. The smallest absolute Gasteiger partial charge is 0.255 e. The summed E-state index contributed by atoms with van der Waals surface area (Å²) in [7, 11) is 3.55. The molecule has 2 rings (SSSR count). The molecule has 1 heterocycles. The largest absolute Gasteiger partial charge is 0.384 e. The van der Waals surface area contributed by atoms with Gasteiger partial charge >= 0.3 is 0 Å². The zero-order chi connectivity index (χ0) is 13.7. The molecule has 1 aromatic carbocycles. The van der Waals surface area contributed by atoms with Gasteiger partial charge in [-0.25, -0.2) is 0 Å². The van der Waals surface area contributed by atoms with Gasteiger partial charge in [-0.2, -0.15) is 0 Å². The van der Waals surface area contributed by atoms with E-state index < -0.39 is 0 Å². The molecule has 1 aliphatic rings. The van der Waals surface area contributed by atoms with Crippen molar-refractivity contribution in [3.05, 3.63) is 29.8 Å². The summed E-state index contributed by atoms with van der Waals surface area (Å²) in [6.07, 6.45) is 2.19. The van der Waals surface area contributed by atoms with Gasteiger partial charge in [0.2, 0.25) is 0 Å². The van der Waals surface area contributed by atoms with E-state index in [4.69, 9.17) is 4.74 Å². The van der Waals surface area contributed by atoms with Gasteiger partial charge in [-0.1, -0.05) is 12.1 Å². The van der Waals surface area contributed by atoms with Gasteiger partial charge in [0.25, 0.3) is 5.91 Å². The second-order valence-corrected chi connectivity index (χ2v) is 5.18. The molecule has 0 spiro atoms. The van der Waals surface area contributed by atoms with Crippen molar-refractivity contribution in [2.45, 2.75) is 12.8 Å². The first kappa shape index (κ1) is 13.9. The number of amides is 1. The third-order valence-corrected chi connectivity index (χ3v) is 3.49. The van der Waals surface area contributed by atoms with Gasteiger partial charge in [0.15, 0.2) is 0 Å². The van der Waals surface area contributed by atoms with Crippen molar-refractivity contribution in [3.8, 4) is 0 Å². The van der Waals surface area contributed by atoms with E-state index in [1.54, 1.807) is 19.0 Å². The first-order valence-corrected chi connectivity index (χ1v) is 6.81. The predicted octanol–water partition coefficient (Wildman–Crippen LogP) is 2.23. The van der Waals surface area contributed by atoms with Crippen LogP contribution in [0.5, 0.6) is 0 Å². The summed E-state index contributed by atoms with van der Waals surface area (Å²) >= 11 is 0. The number of nitrogens with zero attached hydrogens (tertiary/aromatic N) is 1. The number of carbonyl (C=O) groups is 1. The molecule has 1 saturated heterocycles. The summed E-state index contributed by atoms with van der Waals surface area (Å²) in [5.74, 6) is 0.673. The Kier molecular flexibility index (Phi) is 4.80. The van der Waals surface area contributed by atoms with Crippen molar-refractivity contribution in [3.63, 3.8) is 0 Å². The van der Waals surface area contributed by atoms with Crippen LogP contribution < -0.4 is 5.32 Å². The van der Waals surface area contributed by atoms with Crippen molar-refractivity contribution >= 4 is 11.6 Å². The third kappa shape index (κ3) is 3.70. The lowest BCUT2D eigenvalue weighted by atomic mass is 10.00. The van der Waals surface area contributed by atoms with Crippen LogP contribution in [-0.2, 0) is 4.74 Å². The van der Waals surface area contributed by atoms with E-state index in [2.05, 4.69) is 5.32 Å². The van der Waals surface area contributed by atoms with E-state index in [0.29, 0.717) is 5.92 Å². The fourth-order valence-electron chi connectivity index (χ4n) is 2.27. The van der Waals surface area contributed by atoms with Gasteiger partial charge in [-0.15, -0.1) is 0 Å². The van der Waals surface area contributed by atoms with Gasteiger partial charge < -0.3 is 15.0 Å². The van der Waals surface area contributed by atoms with E-state index in [9.17, 15) is 4.79 Å². The molecular formula is C15H22N2O2. The molecule has 1 N–H and O–H groups in total. The van der Waals surface area contributed by atoms with Crippen LogP contribution in [0.2, 0.25) is 0 Å². The highest BCUT2D eigenvalue weighted by Gasteiger charge is 2.16. The Balaban J connectivity index is 2.01. The molecule has 0 saturated carbocycles. The lowest BCUT2D eigenvalue weighted by molar-refractivity contribution is 0.0699. The topological polar surface area (TPSA) is 41.6 Å². The number of carbonyl (C=O) groups excluding carboxylic acids is 1. The minimum absolute atomic E-state index is 0.0371. The number of benzene rings is 1. The van der Waals surface area contributed by atoms with Gasteiger partial charge in [0.05, 0.1) is 5.56 Å². The number of hydrogen-bond donors (Lipinski definition) is 1. The summed E-state index contributed by atoms with van der Waals surface area (Å²) in [5, 5.41) is 3.42. The van der Waals surface area contributed by atoms with Crippen molar-refractivity contribution in [1.29, 1.82) is 0 Å². The molecule has 0 aliphatic carbocycles. The highest BCUT2D eigenvalue weighted by molar-refractivity contribution is 5.99. The summed E-state index contributed by atoms with van der Waals surface area (Å²) in [6.45, 7) is 2.61. The standard InChI is InChI=1S/C15H22N2O2/c1-17(2)15(18)13-5-3-4-6-14(13)16-11-12-7-9-19-10-8-12/h3-6,12,16H,7-11H2,1-2H3. The number of ether oxygens (including phenoxy) is 1. The minimum atomic E-state index is 0.0371. The van der Waals surface area contributed by atoms with Crippen molar-refractivity contribution in [2.75, 3.05) is 39.2 Å². The molecule has 1 aliphatic heterocycles. The molecule has 4 heteroatoms. The van der Waals surface area contributed by atoms with Gasteiger partial charge in [0.1, 0.15) is 0 Å². The number of nitrogens with one attached hydrogen (secondary N) is 1. The second-order valence-electron chi connectivity index (χ2n) is 5.18. The van der Waals surface area contributed by atoms with Crippen molar-refractivity contribution in [2.24, 2.45) is 5.92 Å². The van der Waals surface area contributed by atoms with E-state index in [1.807, 2.05) is 24.3 Å². The molecule has 0 bridgehead atoms. The fraction of sp³-hybridized carbons (Fsp3) is 0.533. The van der Waals surface area contributed by atoms with E-state index in [0.717, 1.165) is 43.9 Å². The predicted molar refractivity (Wildman–Crippen MR) is 76.5 cm³/mol. The van der Waals surface area contributed by atoms with Gasteiger partial charge in [-0.3, -0.25) is 4.79 Å². The van der Waals surface area contributed by atoms with Crippen LogP contribution in [0.15, 0.2) is 24.3 Å². The van der Waals surface area contributed by atoms with Gasteiger partial charge in [0, 0.05) is 39.5 Å². The maximum absolute atomic E-state index is 12.1. The summed E-state index contributed by atoms with van der Waals surface area (Å²) in [5.41, 5.74) is 1.66. The van der Waals surface area contributed by atoms with Crippen LogP contribution in [0, 0.1) is 5.92 Å². The molecule has 0 unspecified atom stereocenters. The maximum Gasteiger partial charge on any atom is 0.255 e. The Bertz CT molecular complexity index is 426. The molecule has 1 aromatic rings. The average molecular weight is 262 g/mol. The maximum atomic E-state index is 12.1. The highest BCUT2D eigenvalue weighted by atomic mass is 16.5. The van der Waals surface area contributed by atoms with Crippen LogP contribution >= 0.6 is 0 Å². The molecule has 0 radical (unpaired) electrons. The van der Waals surface area contributed by atoms with E-state index in [-0.39, 0.29) is 5.91 Å². The molecule has 0 atom stereocenters. The molecule has 0 aromatic heterocycles. The molecule has 19 heavy (non-hydrogen) atoms. The highest BCUT2D eigenvalue weighted by Crippen LogP contribution is 2.19. The number of anilines is 1. The zero-order valence-corrected chi connectivity index (χ0v) is 11.7. The van der Waals surface area contributed by atoms with Crippen LogP contribution in [0.25, 0.3) is 0 Å². The lowest BCUT2D eigenvalue weighted by Gasteiger charge is -2.23. The van der Waals surface area contributed by atoms with Crippen molar-refractivity contribution < 1.29 is 9.53 Å². The lowest BCUT2D eigenvalue weighted by Crippen LogP contribution is -2.25. The second kappa shape index (κ2) is 6.57. The Hall–Kier alpha value is -1.55. The number of hydrogen-bond acceptors (Lipinski definition) is 3. The minimum Gasteiger partial charge on any atom is -0.384 e. The van der Waals surface area contributed by atoms with Crippen LogP contribution in [-0.4, -0.2) is 44.7 Å². The molecule has 1 fully saturated rings. The third-order valence-electron chi connectivity index (χ3n) is 3.49. The summed E-state index contributed by atoms with van der Waals surface area (Å²) in [4.78, 5) is 13.7. The quantitative estimate of drug-likeness (QED) is 0.904. The summed E-state index contributed by atoms with van der Waals surface area (Å²) in [6, 6.07) is 7.69. The zero-order valence-electron chi connectivity index (χ0n) is 11.7. The van der Waals surface area contributed by atoms with Crippen LogP contribution in [0.4, 0.5) is 5.69 Å². The number of para-hydroxylation sites is 1. The van der Waals surface area contributed by atoms with Crippen molar-refractivity contribution in [1.82, 2.24) is 4.90 Å². The Morgan fingerprint density at radius 3 is 2.68 bits per heavy atom. The Labute approximate surface area is 114 Å². The first-order valence-electron chi connectivity index (χ1n) is 6.81. The Morgan fingerprint density at radius 1 is 1.32 bits per heavy atom. The monoisotopic (exact) mass is 262 g/mol. The summed E-state index contributed by atoms with van der Waals surface area (Å²) < 4.78 is 5.36. The Morgan fingerprint density at radius 2 is 2.00 bits per heavy atom. The van der Waals surface area contributed by atoms with Crippen LogP contribution in [0.3, 0.4) is 0 Å². The molecule has 1 amide bonds. The number of rotatable bonds is 4. The van der Waals surface area contributed by atoms with Crippen LogP contribution in [0.1, 0.15) is 23.2 Å². The molecule has 4 nitrogen and oxygen atoms in total. The SMILES string of the molecule is CN(C)C(=O)c1ccccc1NCC1CCOCC1. The van der Waals surface area contributed by atoms with E-state index in [1.165, 1.54) is 0 Å². The average Bonchev–Trinajstić information content (AvgIpc) is 2.45. The van der Waals surface area contributed by atoms with Gasteiger partial charge in [-0.05, 0) is 30.9 Å². The molecule has 104 valence electrons. The molecular weight excluding hydrogens is 240 g/mol. The fourth-order valence-corrected chi connectivity index (χ4v) is 2.27. The van der Waals surface area contributed by atoms with E-state index >= 15 is 0 Å².